The van der Waals surface area contributed by atoms with E-state index in [2.05, 4.69) is 0 Å². The number of aliphatic carboxylic acids is 1. The SMILES string of the molecule is O=C(O)CC(c1c(F)ccc(Cl)c1F)C(F)(F)F. The summed E-state index contributed by atoms with van der Waals surface area (Å²) in [5.41, 5.74) is -1.38. The van der Waals surface area contributed by atoms with Gasteiger partial charge in [-0.2, -0.15) is 13.2 Å². The summed E-state index contributed by atoms with van der Waals surface area (Å²) in [4.78, 5) is 10.4. The Labute approximate surface area is 103 Å². The predicted octanol–water partition coefficient (Wildman–Crippen LogP) is 3.74. The van der Waals surface area contributed by atoms with Crippen LogP contribution in [0.4, 0.5) is 22.0 Å². The Hall–Kier alpha value is -1.37. The number of hydrogen-bond acceptors (Lipinski definition) is 1. The summed E-state index contributed by atoms with van der Waals surface area (Å²) >= 11 is 5.26. The van der Waals surface area contributed by atoms with Gasteiger partial charge in [-0.25, -0.2) is 8.78 Å². The first-order chi connectivity index (χ1) is 8.14. The molecule has 2 nitrogen and oxygen atoms in total. The van der Waals surface area contributed by atoms with Crippen molar-refractivity contribution in [2.24, 2.45) is 0 Å². The first kappa shape index (κ1) is 14.7. The molecule has 0 aliphatic heterocycles. The largest absolute Gasteiger partial charge is 0.481 e. The number of alkyl halides is 3. The van der Waals surface area contributed by atoms with Gasteiger partial charge in [-0.05, 0) is 12.1 Å². The van der Waals surface area contributed by atoms with Crippen LogP contribution in [-0.2, 0) is 4.79 Å². The molecule has 0 aliphatic carbocycles. The van der Waals surface area contributed by atoms with Crippen LogP contribution in [-0.4, -0.2) is 17.3 Å². The van der Waals surface area contributed by atoms with Crippen molar-refractivity contribution in [2.45, 2.75) is 18.5 Å². The summed E-state index contributed by atoms with van der Waals surface area (Å²) in [7, 11) is 0. The average Bonchev–Trinajstić information content (AvgIpc) is 2.21. The number of carboxylic acid groups (broad SMARTS) is 1. The van der Waals surface area contributed by atoms with Crippen molar-refractivity contribution < 1.29 is 31.9 Å². The van der Waals surface area contributed by atoms with Crippen LogP contribution in [0.3, 0.4) is 0 Å². The molecule has 0 aromatic heterocycles. The summed E-state index contributed by atoms with van der Waals surface area (Å²) in [6.07, 6.45) is -6.57. The Morgan fingerprint density at radius 1 is 1.33 bits per heavy atom. The van der Waals surface area contributed by atoms with E-state index in [0.29, 0.717) is 6.07 Å². The Morgan fingerprint density at radius 3 is 2.33 bits per heavy atom. The van der Waals surface area contributed by atoms with Gasteiger partial charge in [-0.1, -0.05) is 11.6 Å². The lowest BCUT2D eigenvalue weighted by molar-refractivity contribution is -0.164. The van der Waals surface area contributed by atoms with E-state index in [1.165, 1.54) is 0 Å². The third-order valence-electron chi connectivity index (χ3n) is 2.20. The molecule has 0 amide bonds. The molecular formula is C10H6ClF5O2. The molecule has 0 heterocycles. The highest BCUT2D eigenvalue weighted by atomic mass is 35.5. The van der Waals surface area contributed by atoms with Gasteiger partial charge in [0.25, 0.3) is 0 Å². The highest BCUT2D eigenvalue weighted by molar-refractivity contribution is 6.30. The number of rotatable bonds is 3. The Kier molecular flexibility index (Phi) is 4.16. The van der Waals surface area contributed by atoms with Crippen LogP contribution in [0.2, 0.25) is 5.02 Å². The van der Waals surface area contributed by atoms with Crippen LogP contribution < -0.4 is 0 Å². The molecule has 0 saturated carbocycles. The molecule has 100 valence electrons. The second-order valence-electron chi connectivity index (χ2n) is 3.45. The zero-order valence-corrected chi connectivity index (χ0v) is 9.32. The molecule has 1 aromatic rings. The lowest BCUT2D eigenvalue weighted by atomic mass is 9.94. The zero-order chi connectivity index (χ0) is 14.1. The minimum atomic E-state index is -5.09. The van der Waals surface area contributed by atoms with Crippen LogP contribution in [0.1, 0.15) is 17.9 Å². The molecule has 0 saturated heterocycles. The summed E-state index contributed by atoms with van der Waals surface area (Å²) in [5, 5.41) is 7.68. The second kappa shape index (κ2) is 5.09. The fourth-order valence-electron chi connectivity index (χ4n) is 1.42. The van der Waals surface area contributed by atoms with Crippen molar-refractivity contribution in [3.63, 3.8) is 0 Å². The molecule has 1 N–H and O–H groups in total. The van der Waals surface area contributed by atoms with Crippen LogP contribution in [0.15, 0.2) is 12.1 Å². The maximum Gasteiger partial charge on any atom is 0.396 e. The number of carbonyl (C=O) groups is 1. The van der Waals surface area contributed by atoms with Crippen molar-refractivity contribution in [1.82, 2.24) is 0 Å². The lowest BCUT2D eigenvalue weighted by Gasteiger charge is -2.20. The minimum Gasteiger partial charge on any atom is -0.481 e. The normalized spacial score (nSPS) is 13.4. The van der Waals surface area contributed by atoms with E-state index in [0.717, 1.165) is 6.07 Å². The van der Waals surface area contributed by atoms with E-state index in [-0.39, 0.29) is 0 Å². The first-order valence-electron chi connectivity index (χ1n) is 4.56. The number of carboxylic acids is 1. The van der Waals surface area contributed by atoms with Crippen molar-refractivity contribution in [1.29, 1.82) is 0 Å². The topological polar surface area (TPSA) is 37.3 Å². The Morgan fingerprint density at radius 2 is 1.89 bits per heavy atom. The molecule has 18 heavy (non-hydrogen) atoms. The van der Waals surface area contributed by atoms with Gasteiger partial charge in [0.2, 0.25) is 0 Å². The second-order valence-corrected chi connectivity index (χ2v) is 3.86. The van der Waals surface area contributed by atoms with Crippen LogP contribution in [0.5, 0.6) is 0 Å². The molecule has 1 aromatic carbocycles. The summed E-state index contributed by atoms with van der Waals surface area (Å²) in [6.45, 7) is 0. The van der Waals surface area contributed by atoms with Crippen LogP contribution in [0, 0.1) is 11.6 Å². The lowest BCUT2D eigenvalue weighted by Crippen LogP contribution is -2.25. The predicted molar refractivity (Wildman–Crippen MR) is 52.4 cm³/mol. The van der Waals surface area contributed by atoms with Gasteiger partial charge < -0.3 is 5.11 Å². The number of benzene rings is 1. The Balaban J connectivity index is 3.38. The number of hydrogen-bond donors (Lipinski definition) is 1. The van der Waals surface area contributed by atoms with E-state index in [9.17, 15) is 26.7 Å². The third-order valence-corrected chi connectivity index (χ3v) is 2.49. The Bertz CT molecular complexity index is 472. The summed E-state index contributed by atoms with van der Waals surface area (Å²) in [5.74, 6) is -7.69. The van der Waals surface area contributed by atoms with E-state index >= 15 is 0 Å². The fraction of sp³-hybridized carbons (Fsp3) is 0.300. The molecular weight excluding hydrogens is 283 g/mol. The zero-order valence-electron chi connectivity index (χ0n) is 8.56. The van der Waals surface area contributed by atoms with E-state index in [1.54, 1.807) is 0 Å². The van der Waals surface area contributed by atoms with Crippen LogP contribution in [0.25, 0.3) is 0 Å². The van der Waals surface area contributed by atoms with Crippen molar-refractivity contribution in [3.05, 3.63) is 34.4 Å². The summed E-state index contributed by atoms with van der Waals surface area (Å²) in [6, 6.07) is 1.31. The molecule has 0 radical (unpaired) electrons. The maximum atomic E-state index is 13.4. The third kappa shape index (κ3) is 3.10. The van der Waals surface area contributed by atoms with Gasteiger partial charge in [-0.3, -0.25) is 4.79 Å². The smallest absolute Gasteiger partial charge is 0.396 e. The van der Waals surface area contributed by atoms with Gasteiger partial charge in [0.1, 0.15) is 11.6 Å². The molecule has 0 fully saturated rings. The monoisotopic (exact) mass is 288 g/mol. The highest BCUT2D eigenvalue weighted by Gasteiger charge is 2.45. The van der Waals surface area contributed by atoms with Gasteiger partial charge in [0.05, 0.1) is 17.4 Å². The maximum absolute atomic E-state index is 13.4. The molecule has 1 atom stereocenters. The molecule has 0 spiro atoms. The van der Waals surface area contributed by atoms with Crippen molar-refractivity contribution in [2.75, 3.05) is 0 Å². The molecule has 8 heteroatoms. The molecule has 0 bridgehead atoms. The van der Waals surface area contributed by atoms with Gasteiger partial charge >= 0.3 is 12.1 Å². The first-order valence-corrected chi connectivity index (χ1v) is 4.94. The molecule has 1 unspecified atom stereocenters. The average molecular weight is 289 g/mol. The van der Waals surface area contributed by atoms with Gasteiger partial charge in [0, 0.05) is 5.56 Å². The van der Waals surface area contributed by atoms with Crippen molar-refractivity contribution in [3.8, 4) is 0 Å². The quantitative estimate of drug-likeness (QED) is 0.679. The van der Waals surface area contributed by atoms with E-state index in [4.69, 9.17) is 16.7 Å². The van der Waals surface area contributed by atoms with E-state index < -0.39 is 46.7 Å². The van der Waals surface area contributed by atoms with E-state index in [1.807, 2.05) is 0 Å². The molecule has 0 aliphatic rings. The highest BCUT2D eigenvalue weighted by Crippen LogP contribution is 2.41. The van der Waals surface area contributed by atoms with Gasteiger partial charge in [-0.15, -0.1) is 0 Å². The standard InChI is InChI=1S/C10H6ClF5O2/c11-5-1-2-6(12)8(9(5)13)4(3-7(17)18)10(14,15)16/h1-2,4H,3H2,(H,17,18). The molecule has 1 rings (SSSR count). The number of halogens is 6. The van der Waals surface area contributed by atoms with Crippen LogP contribution >= 0.6 is 11.6 Å². The van der Waals surface area contributed by atoms with Crippen molar-refractivity contribution >= 4 is 17.6 Å². The minimum absolute atomic E-state index is 0.557. The van der Waals surface area contributed by atoms with Gasteiger partial charge in [0.15, 0.2) is 0 Å². The summed E-state index contributed by atoms with van der Waals surface area (Å²) < 4.78 is 64.6. The fourth-order valence-corrected chi connectivity index (χ4v) is 1.58.